The molecule has 1 amide bonds. The molecule has 3 heterocycles. The van der Waals surface area contributed by atoms with Crippen LogP contribution in [0.15, 0.2) is 33.9 Å². The molecule has 4 rings (SSSR count). The highest BCUT2D eigenvalue weighted by atomic mass is 79.9. The van der Waals surface area contributed by atoms with E-state index in [1.165, 1.54) is 32.6 Å². The summed E-state index contributed by atoms with van der Waals surface area (Å²) in [7, 11) is 1.67. The van der Waals surface area contributed by atoms with Crippen LogP contribution in [0.2, 0.25) is 0 Å². The number of hydrogen-bond acceptors (Lipinski definition) is 6. The maximum absolute atomic E-state index is 12.8. The van der Waals surface area contributed by atoms with Gasteiger partial charge in [0.05, 0.1) is 10.6 Å². The molecule has 1 aromatic carbocycles. The molecule has 0 bridgehead atoms. The fraction of sp³-hybridized carbons (Fsp3) is 0.250. The number of aryl methyl sites for hydroxylation is 1. The molecule has 0 N–H and O–H groups in total. The van der Waals surface area contributed by atoms with Crippen LogP contribution in [0.3, 0.4) is 0 Å². The third kappa shape index (κ3) is 2.79. The van der Waals surface area contributed by atoms with Crippen LogP contribution in [0.25, 0.3) is 11.0 Å². The van der Waals surface area contributed by atoms with Crippen molar-refractivity contribution in [1.29, 1.82) is 0 Å². The van der Waals surface area contributed by atoms with Gasteiger partial charge in [-0.3, -0.25) is 24.3 Å². The Kier molecular flexibility index (Phi) is 4.02. The zero-order chi connectivity index (χ0) is 19.3. The van der Waals surface area contributed by atoms with Crippen molar-refractivity contribution in [3.05, 3.63) is 55.2 Å². The average Bonchev–Trinajstić information content (AvgIpc) is 3.17. The van der Waals surface area contributed by atoms with E-state index in [0.717, 1.165) is 5.56 Å². The first-order valence-electron chi connectivity index (χ1n) is 8.02. The fourth-order valence-electron chi connectivity index (χ4n) is 3.22. The van der Waals surface area contributed by atoms with Gasteiger partial charge in [-0.25, -0.2) is 9.67 Å². The van der Waals surface area contributed by atoms with E-state index < -0.39 is 4.92 Å². The van der Waals surface area contributed by atoms with Crippen molar-refractivity contribution in [3.8, 4) is 0 Å². The number of amides is 1. The third-order valence-electron chi connectivity index (χ3n) is 4.55. The Balaban J connectivity index is 1.67. The molecule has 27 heavy (non-hydrogen) atoms. The zero-order valence-corrected chi connectivity index (χ0v) is 15.7. The topological polar surface area (TPSA) is 116 Å². The molecule has 0 saturated heterocycles. The molecule has 3 aromatic rings. The number of aromatic nitrogens is 4. The number of nitro benzene ring substituents is 1. The Morgan fingerprint density at radius 3 is 2.93 bits per heavy atom. The van der Waals surface area contributed by atoms with Gasteiger partial charge in [-0.05, 0) is 27.9 Å². The summed E-state index contributed by atoms with van der Waals surface area (Å²) in [5.74, 6) is -0.336. The molecule has 138 valence electrons. The van der Waals surface area contributed by atoms with Gasteiger partial charge in [-0.2, -0.15) is 5.10 Å². The number of rotatable bonds is 3. The van der Waals surface area contributed by atoms with Gasteiger partial charge in [0.1, 0.15) is 22.9 Å². The first-order chi connectivity index (χ1) is 12.9. The molecule has 10 nitrogen and oxygen atoms in total. The maximum Gasteiger partial charge on any atom is 0.271 e. The van der Waals surface area contributed by atoms with Crippen LogP contribution in [-0.4, -0.2) is 36.7 Å². The Morgan fingerprint density at radius 2 is 2.19 bits per heavy atom. The lowest BCUT2D eigenvalue weighted by Gasteiger charge is -2.17. The highest BCUT2D eigenvalue weighted by Gasteiger charge is 2.27. The Hall–Kier alpha value is -3.08. The monoisotopic (exact) mass is 432 g/mol. The summed E-state index contributed by atoms with van der Waals surface area (Å²) in [6.45, 7) is 0.196. The molecule has 0 radical (unpaired) electrons. The molecule has 0 aliphatic carbocycles. The SMILES string of the molecule is Cn1nc(Br)c2c(=O)n(CC(=O)N3CCc4ccc([N+](=O)[O-])cc43)cnc21. The van der Waals surface area contributed by atoms with E-state index in [1.807, 2.05) is 0 Å². The largest absolute Gasteiger partial charge is 0.310 e. The zero-order valence-electron chi connectivity index (χ0n) is 14.1. The van der Waals surface area contributed by atoms with E-state index >= 15 is 0 Å². The molecule has 0 saturated carbocycles. The fourth-order valence-corrected chi connectivity index (χ4v) is 3.80. The van der Waals surface area contributed by atoms with Crippen molar-refractivity contribution in [1.82, 2.24) is 19.3 Å². The van der Waals surface area contributed by atoms with Crippen LogP contribution in [0.1, 0.15) is 5.56 Å². The highest BCUT2D eigenvalue weighted by molar-refractivity contribution is 9.10. The average molecular weight is 433 g/mol. The van der Waals surface area contributed by atoms with Crippen LogP contribution in [0, 0.1) is 10.1 Å². The van der Waals surface area contributed by atoms with E-state index in [1.54, 1.807) is 13.1 Å². The van der Waals surface area contributed by atoms with Gasteiger partial charge < -0.3 is 4.90 Å². The van der Waals surface area contributed by atoms with Crippen molar-refractivity contribution in [2.75, 3.05) is 11.4 Å². The molecule has 0 fully saturated rings. The van der Waals surface area contributed by atoms with Crippen LogP contribution >= 0.6 is 15.9 Å². The summed E-state index contributed by atoms with van der Waals surface area (Å²) in [5, 5.41) is 15.4. The van der Waals surface area contributed by atoms with E-state index in [2.05, 4.69) is 26.0 Å². The molecular formula is C16H13BrN6O4. The lowest BCUT2D eigenvalue weighted by atomic mass is 10.1. The number of nitrogens with zero attached hydrogens (tertiary/aromatic N) is 6. The molecular weight excluding hydrogens is 420 g/mol. The molecule has 0 spiro atoms. The number of halogens is 1. The van der Waals surface area contributed by atoms with Crippen molar-refractivity contribution in [3.63, 3.8) is 0 Å². The summed E-state index contributed by atoms with van der Waals surface area (Å²) >= 11 is 3.23. The van der Waals surface area contributed by atoms with E-state index in [4.69, 9.17) is 0 Å². The minimum Gasteiger partial charge on any atom is -0.310 e. The summed E-state index contributed by atoms with van der Waals surface area (Å²) in [6, 6.07) is 4.48. The van der Waals surface area contributed by atoms with Gasteiger partial charge in [0.2, 0.25) is 5.91 Å². The number of non-ortho nitro benzene ring substituents is 1. The number of anilines is 1. The number of carbonyl (C=O) groups is 1. The minimum absolute atomic E-state index is 0.0759. The molecule has 11 heteroatoms. The Labute approximate surface area is 160 Å². The second kappa shape index (κ2) is 6.27. The number of nitro groups is 1. The smallest absolute Gasteiger partial charge is 0.271 e. The summed E-state index contributed by atoms with van der Waals surface area (Å²) in [4.78, 5) is 41.6. The lowest BCUT2D eigenvalue weighted by molar-refractivity contribution is -0.384. The number of benzene rings is 1. The van der Waals surface area contributed by atoms with Crippen LogP contribution in [0.4, 0.5) is 11.4 Å². The van der Waals surface area contributed by atoms with Gasteiger partial charge in [-0.15, -0.1) is 0 Å². The normalized spacial score (nSPS) is 13.2. The van der Waals surface area contributed by atoms with E-state index in [9.17, 15) is 19.7 Å². The van der Waals surface area contributed by atoms with E-state index in [-0.39, 0.29) is 23.7 Å². The Bertz CT molecular complexity index is 1170. The van der Waals surface area contributed by atoms with Crippen molar-refractivity contribution in [2.45, 2.75) is 13.0 Å². The number of fused-ring (bicyclic) bond motifs is 2. The van der Waals surface area contributed by atoms with Crippen LogP contribution in [0.5, 0.6) is 0 Å². The van der Waals surface area contributed by atoms with Crippen molar-refractivity contribution in [2.24, 2.45) is 7.05 Å². The maximum atomic E-state index is 12.8. The summed E-state index contributed by atoms with van der Waals surface area (Å²) in [5.41, 5.74) is 1.33. The van der Waals surface area contributed by atoms with Crippen molar-refractivity contribution < 1.29 is 9.72 Å². The van der Waals surface area contributed by atoms with Gasteiger partial charge >= 0.3 is 0 Å². The van der Waals surface area contributed by atoms with Crippen molar-refractivity contribution >= 4 is 44.2 Å². The third-order valence-corrected chi connectivity index (χ3v) is 5.11. The van der Waals surface area contributed by atoms with E-state index in [0.29, 0.717) is 34.3 Å². The molecule has 0 unspecified atom stereocenters. The Morgan fingerprint density at radius 1 is 1.41 bits per heavy atom. The lowest BCUT2D eigenvalue weighted by Crippen LogP contribution is -2.35. The second-order valence-electron chi connectivity index (χ2n) is 6.16. The number of hydrogen-bond donors (Lipinski definition) is 0. The van der Waals surface area contributed by atoms with Gasteiger partial charge in [0.25, 0.3) is 11.2 Å². The standard InChI is InChI=1S/C16H13BrN6O4/c1-20-15-13(14(17)19-20)16(25)21(8-18-15)7-12(24)22-5-4-9-2-3-10(23(26)27)6-11(9)22/h2-3,6,8H,4-5,7H2,1H3. The van der Waals surface area contributed by atoms with Gasteiger partial charge in [0, 0.05) is 25.7 Å². The molecule has 2 aromatic heterocycles. The summed E-state index contributed by atoms with van der Waals surface area (Å²) < 4.78 is 3.05. The van der Waals surface area contributed by atoms with Crippen LogP contribution < -0.4 is 10.5 Å². The number of carbonyl (C=O) groups excluding carboxylic acids is 1. The molecule has 1 aliphatic heterocycles. The summed E-state index contributed by atoms with van der Waals surface area (Å²) in [6.07, 6.45) is 1.92. The second-order valence-corrected chi connectivity index (χ2v) is 6.91. The molecule has 0 atom stereocenters. The highest BCUT2D eigenvalue weighted by Crippen LogP contribution is 2.31. The quantitative estimate of drug-likeness (QED) is 0.455. The predicted molar refractivity (Wildman–Crippen MR) is 99.6 cm³/mol. The van der Waals surface area contributed by atoms with Crippen LogP contribution in [-0.2, 0) is 24.8 Å². The minimum atomic E-state index is -0.496. The first kappa shape index (κ1) is 17.3. The van der Waals surface area contributed by atoms with Gasteiger partial charge in [-0.1, -0.05) is 6.07 Å². The molecule has 1 aliphatic rings. The first-order valence-corrected chi connectivity index (χ1v) is 8.81. The van der Waals surface area contributed by atoms with Gasteiger partial charge in [0.15, 0.2) is 5.65 Å². The predicted octanol–water partition coefficient (Wildman–Crippen LogP) is 1.39.